The number of aliphatic hydroxyl groups is 1. The number of aliphatic hydroxyl groups excluding tert-OH is 1. The highest BCUT2D eigenvalue weighted by Gasteiger charge is 2.46. The Bertz CT molecular complexity index is 1050. The highest BCUT2D eigenvalue weighted by molar-refractivity contribution is 6.46. The molecule has 7 heteroatoms. The predicted molar refractivity (Wildman–Crippen MR) is 121 cm³/mol. The van der Waals surface area contributed by atoms with Gasteiger partial charge in [0.25, 0.3) is 11.7 Å². The Morgan fingerprint density at radius 2 is 2.00 bits per heavy atom. The Hall–Kier alpha value is -3.19. The lowest BCUT2D eigenvalue weighted by Crippen LogP contribution is -2.38. The Balaban J connectivity index is 1.76. The molecular weight excluding hydrogens is 406 g/mol. The first-order chi connectivity index (χ1) is 15.4. The number of likely N-dealkylation sites (tertiary alicyclic amines) is 1. The minimum absolute atomic E-state index is 0.0709. The molecule has 168 valence electrons. The molecule has 0 radical (unpaired) electrons. The second-order valence-corrected chi connectivity index (χ2v) is 8.23. The number of hydrogen-bond donors (Lipinski definition) is 1. The van der Waals surface area contributed by atoms with Crippen LogP contribution < -0.4 is 4.74 Å². The standard InChI is InChI=1S/C25H29N3O4/c1-4-27(5-2)12-13-28-22(19-8-6-7-11-26-19)21(24(30)25(28)31)23(29)17-9-10-20-18(15-17)14-16(3)32-20/h6-11,15-16,22,29H,4-5,12-14H2,1-3H3/b23-21-. The van der Waals surface area contributed by atoms with Gasteiger partial charge in [0, 0.05) is 31.3 Å². The molecule has 2 aliphatic rings. The Morgan fingerprint density at radius 3 is 2.69 bits per heavy atom. The summed E-state index contributed by atoms with van der Waals surface area (Å²) in [6.45, 7) is 8.83. The highest BCUT2D eigenvalue weighted by atomic mass is 16.5. The molecule has 2 aliphatic heterocycles. The molecular formula is C25H29N3O4. The Kier molecular flexibility index (Phi) is 6.28. The van der Waals surface area contributed by atoms with Gasteiger partial charge in [-0.15, -0.1) is 0 Å². The van der Waals surface area contributed by atoms with Gasteiger partial charge in [-0.25, -0.2) is 0 Å². The first-order valence-electron chi connectivity index (χ1n) is 11.2. The van der Waals surface area contributed by atoms with Crippen molar-refractivity contribution in [3.63, 3.8) is 0 Å². The molecule has 1 amide bonds. The molecule has 1 saturated heterocycles. The zero-order chi connectivity index (χ0) is 22.8. The summed E-state index contributed by atoms with van der Waals surface area (Å²) in [7, 11) is 0. The van der Waals surface area contributed by atoms with Crippen molar-refractivity contribution < 1.29 is 19.4 Å². The van der Waals surface area contributed by atoms with E-state index in [-0.39, 0.29) is 17.4 Å². The SMILES string of the molecule is CCN(CC)CCN1C(=O)C(=O)/C(=C(\O)c2ccc3c(c2)CC(C)O3)C1c1ccccn1. The van der Waals surface area contributed by atoms with E-state index in [0.29, 0.717) is 24.3 Å². The van der Waals surface area contributed by atoms with Crippen LogP contribution in [0.3, 0.4) is 0 Å². The number of carbonyl (C=O) groups is 2. The molecule has 1 fully saturated rings. The second kappa shape index (κ2) is 9.12. The molecule has 0 spiro atoms. The van der Waals surface area contributed by atoms with Gasteiger partial charge in [-0.05, 0) is 55.9 Å². The molecule has 0 saturated carbocycles. The molecule has 0 bridgehead atoms. The van der Waals surface area contributed by atoms with Gasteiger partial charge in [-0.2, -0.15) is 0 Å². The Labute approximate surface area is 188 Å². The molecule has 2 atom stereocenters. The molecule has 2 aromatic rings. The van der Waals surface area contributed by atoms with E-state index in [1.54, 1.807) is 30.5 Å². The molecule has 1 aromatic carbocycles. The molecule has 1 aromatic heterocycles. The second-order valence-electron chi connectivity index (χ2n) is 8.23. The average Bonchev–Trinajstić information content (AvgIpc) is 3.30. The third-order valence-electron chi connectivity index (χ3n) is 6.23. The number of amides is 1. The maximum absolute atomic E-state index is 13.1. The fraction of sp³-hybridized carbons (Fsp3) is 0.400. The summed E-state index contributed by atoms with van der Waals surface area (Å²) in [6, 6.07) is 10.0. The van der Waals surface area contributed by atoms with Crippen LogP contribution >= 0.6 is 0 Å². The smallest absolute Gasteiger partial charge is 0.295 e. The van der Waals surface area contributed by atoms with E-state index in [4.69, 9.17) is 4.74 Å². The van der Waals surface area contributed by atoms with Crippen LogP contribution in [0.25, 0.3) is 5.76 Å². The molecule has 0 aliphatic carbocycles. The number of rotatable bonds is 7. The molecule has 3 heterocycles. The van der Waals surface area contributed by atoms with Crippen LogP contribution in [0.15, 0.2) is 48.2 Å². The van der Waals surface area contributed by atoms with Gasteiger partial charge in [0.2, 0.25) is 0 Å². The minimum atomic E-state index is -0.727. The first kappa shape index (κ1) is 22.0. The van der Waals surface area contributed by atoms with E-state index in [1.165, 1.54) is 4.90 Å². The van der Waals surface area contributed by atoms with Crippen molar-refractivity contribution in [1.82, 2.24) is 14.8 Å². The number of Topliss-reactive ketones (excluding diaryl/α,β-unsaturated/α-hetero) is 1. The summed E-state index contributed by atoms with van der Waals surface area (Å²) in [5, 5.41) is 11.2. The number of benzene rings is 1. The van der Waals surface area contributed by atoms with Crippen LogP contribution in [-0.2, 0) is 16.0 Å². The first-order valence-corrected chi connectivity index (χ1v) is 11.2. The predicted octanol–water partition coefficient (Wildman–Crippen LogP) is 3.17. The van der Waals surface area contributed by atoms with Gasteiger partial charge in [0.15, 0.2) is 0 Å². The van der Waals surface area contributed by atoms with Crippen molar-refractivity contribution in [2.45, 2.75) is 39.3 Å². The van der Waals surface area contributed by atoms with Crippen molar-refractivity contribution in [1.29, 1.82) is 0 Å². The van der Waals surface area contributed by atoms with Crippen LogP contribution in [-0.4, -0.2) is 63.9 Å². The van der Waals surface area contributed by atoms with E-state index in [2.05, 4.69) is 23.7 Å². The van der Waals surface area contributed by atoms with Crippen molar-refractivity contribution in [2.75, 3.05) is 26.2 Å². The van der Waals surface area contributed by atoms with Gasteiger partial charge >= 0.3 is 0 Å². The third-order valence-corrected chi connectivity index (χ3v) is 6.23. The van der Waals surface area contributed by atoms with E-state index in [0.717, 1.165) is 30.8 Å². The number of ether oxygens (including phenoxy) is 1. The number of nitrogens with zero attached hydrogens (tertiary/aromatic N) is 3. The number of hydrogen-bond acceptors (Lipinski definition) is 6. The summed E-state index contributed by atoms with van der Waals surface area (Å²) in [6.07, 6.45) is 2.44. The van der Waals surface area contributed by atoms with Crippen molar-refractivity contribution >= 4 is 17.4 Å². The van der Waals surface area contributed by atoms with Gasteiger partial charge < -0.3 is 19.6 Å². The van der Waals surface area contributed by atoms with Crippen LogP contribution in [0.2, 0.25) is 0 Å². The van der Waals surface area contributed by atoms with Crippen LogP contribution in [0.5, 0.6) is 5.75 Å². The zero-order valence-corrected chi connectivity index (χ0v) is 18.7. The zero-order valence-electron chi connectivity index (χ0n) is 18.7. The number of likely N-dealkylation sites (N-methyl/N-ethyl adjacent to an activating group) is 1. The summed E-state index contributed by atoms with van der Waals surface area (Å²) >= 11 is 0. The van der Waals surface area contributed by atoms with E-state index < -0.39 is 17.7 Å². The number of fused-ring (bicyclic) bond motifs is 1. The fourth-order valence-corrected chi connectivity index (χ4v) is 4.47. The molecule has 1 N–H and O–H groups in total. The van der Waals surface area contributed by atoms with Gasteiger partial charge in [-0.1, -0.05) is 19.9 Å². The normalized spacial score (nSPS) is 21.8. The van der Waals surface area contributed by atoms with Crippen molar-refractivity contribution in [2.24, 2.45) is 0 Å². The lowest BCUT2D eigenvalue weighted by Gasteiger charge is -2.27. The summed E-state index contributed by atoms with van der Waals surface area (Å²) in [4.78, 5) is 34.3. The van der Waals surface area contributed by atoms with E-state index >= 15 is 0 Å². The topological polar surface area (TPSA) is 83.0 Å². The van der Waals surface area contributed by atoms with Crippen molar-refractivity contribution in [3.05, 3.63) is 65.0 Å². The van der Waals surface area contributed by atoms with Crippen LogP contribution in [0, 0.1) is 0 Å². The molecule has 7 nitrogen and oxygen atoms in total. The number of pyridine rings is 1. The Morgan fingerprint density at radius 1 is 1.22 bits per heavy atom. The monoisotopic (exact) mass is 435 g/mol. The lowest BCUT2D eigenvalue weighted by atomic mass is 9.97. The minimum Gasteiger partial charge on any atom is -0.507 e. The molecule has 32 heavy (non-hydrogen) atoms. The van der Waals surface area contributed by atoms with Crippen LogP contribution in [0.1, 0.15) is 43.6 Å². The number of aromatic nitrogens is 1. The summed E-state index contributed by atoms with van der Waals surface area (Å²) in [5.41, 5.74) is 2.13. The third kappa shape index (κ3) is 4.00. The van der Waals surface area contributed by atoms with Crippen LogP contribution in [0.4, 0.5) is 0 Å². The molecule has 2 unspecified atom stereocenters. The summed E-state index contributed by atoms with van der Waals surface area (Å²) in [5.74, 6) is -0.669. The summed E-state index contributed by atoms with van der Waals surface area (Å²) < 4.78 is 5.75. The quantitative estimate of drug-likeness (QED) is 0.409. The number of carbonyl (C=O) groups excluding carboxylic acids is 2. The van der Waals surface area contributed by atoms with Crippen molar-refractivity contribution in [3.8, 4) is 5.75 Å². The van der Waals surface area contributed by atoms with E-state index in [9.17, 15) is 14.7 Å². The van der Waals surface area contributed by atoms with E-state index in [1.807, 2.05) is 19.1 Å². The largest absolute Gasteiger partial charge is 0.507 e. The maximum Gasteiger partial charge on any atom is 0.295 e. The fourth-order valence-electron chi connectivity index (χ4n) is 4.47. The average molecular weight is 436 g/mol. The van der Waals surface area contributed by atoms with Gasteiger partial charge in [0.05, 0.1) is 11.3 Å². The maximum atomic E-state index is 13.1. The lowest BCUT2D eigenvalue weighted by molar-refractivity contribution is -0.140. The molecule has 4 rings (SSSR count). The van der Waals surface area contributed by atoms with Gasteiger partial charge in [0.1, 0.15) is 23.7 Å². The highest BCUT2D eigenvalue weighted by Crippen LogP contribution is 2.39. The van der Waals surface area contributed by atoms with Gasteiger partial charge in [-0.3, -0.25) is 14.6 Å². The number of ketones is 1.